The maximum atomic E-state index is 6.12. The van der Waals surface area contributed by atoms with Crippen LogP contribution in [0.2, 0.25) is 0 Å². The van der Waals surface area contributed by atoms with E-state index in [1.54, 1.807) is 0 Å². The Morgan fingerprint density at radius 1 is 0.870 bits per heavy atom. The van der Waals surface area contributed by atoms with Gasteiger partial charge in [0.25, 0.3) is 0 Å². The molecule has 0 spiro atoms. The molecule has 1 aliphatic heterocycles. The van der Waals surface area contributed by atoms with Crippen LogP contribution in [-0.2, 0) is 6.61 Å². The number of ether oxygens (including phenoxy) is 1. The van der Waals surface area contributed by atoms with E-state index < -0.39 is 0 Å². The summed E-state index contributed by atoms with van der Waals surface area (Å²) in [7, 11) is 0. The third-order valence-electron chi connectivity index (χ3n) is 4.43. The topological polar surface area (TPSA) is 9.23 Å². The maximum absolute atomic E-state index is 6.12. The Kier molecular flexibility index (Phi) is 4.25. The predicted octanol–water partition coefficient (Wildman–Crippen LogP) is 5.99. The minimum absolute atomic E-state index is 0.613. The SMILES string of the molecule is c1ccc(COc2ccc(C3CCCS3)c3ccccc23)cc1. The van der Waals surface area contributed by atoms with Gasteiger partial charge in [-0.05, 0) is 41.2 Å². The van der Waals surface area contributed by atoms with Crippen molar-refractivity contribution < 1.29 is 4.74 Å². The summed E-state index contributed by atoms with van der Waals surface area (Å²) in [6.07, 6.45) is 2.62. The van der Waals surface area contributed by atoms with Crippen molar-refractivity contribution in [2.24, 2.45) is 0 Å². The van der Waals surface area contributed by atoms with Crippen LogP contribution in [0.1, 0.15) is 29.2 Å². The summed E-state index contributed by atoms with van der Waals surface area (Å²) in [5, 5.41) is 3.22. The van der Waals surface area contributed by atoms with Gasteiger partial charge in [0, 0.05) is 10.6 Å². The molecule has 0 bridgehead atoms. The lowest BCUT2D eigenvalue weighted by molar-refractivity contribution is 0.310. The molecular formula is C21H20OS. The van der Waals surface area contributed by atoms with E-state index in [2.05, 4.69) is 72.4 Å². The van der Waals surface area contributed by atoms with E-state index >= 15 is 0 Å². The van der Waals surface area contributed by atoms with E-state index in [-0.39, 0.29) is 0 Å². The molecule has 4 rings (SSSR count). The first-order valence-electron chi connectivity index (χ1n) is 8.22. The summed E-state index contributed by atoms with van der Waals surface area (Å²) in [5.74, 6) is 2.27. The van der Waals surface area contributed by atoms with Crippen LogP contribution in [0.4, 0.5) is 0 Å². The zero-order valence-corrected chi connectivity index (χ0v) is 13.9. The number of rotatable bonds is 4. The van der Waals surface area contributed by atoms with E-state index in [1.165, 1.54) is 40.5 Å². The largest absolute Gasteiger partial charge is 0.488 e. The molecule has 2 heteroatoms. The van der Waals surface area contributed by atoms with Crippen molar-refractivity contribution >= 4 is 22.5 Å². The fraction of sp³-hybridized carbons (Fsp3) is 0.238. The molecule has 1 aliphatic rings. The molecule has 0 saturated carbocycles. The van der Waals surface area contributed by atoms with Crippen molar-refractivity contribution in [1.29, 1.82) is 0 Å². The van der Waals surface area contributed by atoms with Crippen LogP contribution >= 0.6 is 11.8 Å². The molecule has 3 aromatic carbocycles. The number of thioether (sulfide) groups is 1. The zero-order chi connectivity index (χ0) is 15.5. The van der Waals surface area contributed by atoms with Crippen LogP contribution in [0.15, 0.2) is 66.7 Å². The first-order chi connectivity index (χ1) is 11.4. The molecule has 0 aliphatic carbocycles. The lowest BCUT2D eigenvalue weighted by Gasteiger charge is -2.16. The van der Waals surface area contributed by atoms with Gasteiger partial charge < -0.3 is 4.74 Å². The Morgan fingerprint density at radius 3 is 2.43 bits per heavy atom. The second-order valence-corrected chi connectivity index (χ2v) is 7.29. The fourth-order valence-corrected chi connectivity index (χ4v) is 4.60. The highest BCUT2D eigenvalue weighted by atomic mass is 32.2. The summed E-state index contributed by atoms with van der Waals surface area (Å²) in [5.41, 5.74) is 2.67. The van der Waals surface area contributed by atoms with E-state index in [0.717, 1.165) is 5.75 Å². The average Bonchev–Trinajstić information content (AvgIpc) is 3.15. The molecule has 1 saturated heterocycles. The normalized spacial score (nSPS) is 17.5. The van der Waals surface area contributed by atoms with Gasteiger partial charge in [-0.2, -0.15) is 11.8 Å². The van der Waals surface area contributed by atoms with E-state index in [9.17, 15) is 0 Å². The first-order valence-corrected chi connectivity index (χ1v) is 9.27. The second-order valence-electron chi connectivity index (χ2n) is 5.97. The van der Waals surface area contributed by atoms with E-state index in [4.69, 9.17) is 4.74 Å². The third-order valence-corrected chi connectivity index (χ3v) is 5.85. The van der Waals surface area contributed by atoms with Crippen LogP contribution in [-0.4, -0.2) is 5.75 Å². The van der Waals surface area contributed by atoms with Crippen molar-refractivity contribution in [2.75, 3.05) is 5.75 Å². The summed E-state index contributed by atoms with van der Waals surface area (Å²) < 4.78 is 6.12. The molecule has 1 atom stereocenters. The van der Waals surface area contributed by atoms with Gasteiger partial charge >= 0.3 is 0 Å². The summed E-state index contributed by atoms with van der Waals surface area (Å²) in [4.78, 5) is 0. The summed E-state index contributed by atoms with van der Waals surface area (Å²) in [6.45, 7) is 0.613. The quantitative estimate of drug-likeness (QED) is 0.584. The van der Waals surface area contributed by atoms with E-state index in [1.807, 2.05) is 6.07 Å². The molecule has 1 fully saturated rings. The van der Waals surface area contributed by atoms with Gasteiger partial charge in [0.05, 0.1) is 0 Å². The number of hydrogen-bond acceptors (Lipinski definition) is 2. The Bertz CT molecular complexity index is 791. The molecule has 0 N–H and O–H groups in total. The van der Waals surface area contributed by atoms with Gasteiger partial charge in [0.1, 0.15) is 12.4 Å². The van der Waals surface area contributed by atoms with Gasteiger partial charge in [-0.15, -0.1) is 0 Å². The predicted molar refractivity (Wildman–Crippen MR) is 99.2 cm³/mol. The lowest BCUT2D eigenvalue weighted by atomic mass is 9.99. The molecular weight excluding hydrogens is 300 g/mol. The monoisotopic (exact) mass is 320 g/mol. The smallest absolute Gasteiger partial charge is 0.127 e. The highest BCUT2D eigenvalue weighted by Gasteiger charge is 2.20. The van der Waals surface area contributed by atoms with Crippen molar-refractivity contribution in [2.45, 2.75) is 24.7 Å². The minimum atomic E-state index is 0.613. The Labute approximate surface area is 141 Å². The molecule has 0 amide bonds. The minimum Gasteiger partial charge on any atom is -0.488 e. The van der Waals surface area contributed by atoms with Gasteiger partial charge in [0.2, 0.25) is 0 Å². The second kappa shape index (κ2) is 6.67. The summed E-state index contributed by atoms with van der Waals surface area (Å²) in [6, 6.07) is 23.4. The number of benzene rings is 3. The maximum Gasteiger partial charge on any atom is 0.127 e. The number of hydrogen-bond donors (Lipinski definition) is 0. The molecule has 0 radical (unpaired) electrons. The third kappa shape index (κ3) is 3.09. The Balaban J connectivity index is 1.66. The van der Waals surface area contributed by atoms with Crippen molar-refractivity contribution in [3.8, 4) is 5.75 Å². The highest BCUT2D eigenvalue weighted by molar-refractivity contribution is 7.99. The molecule has 1 nitrogen and oxygen atoms in total. The van der Waals surface area contributed by atoms with Crippen LogP contribution in [0.25, 0.3) is 10.8 Å². The number of fused-ring (bicyclic) bond motifs is 1. The van der Waals surface area contributed by atoms with Gasteiger partial charge in [-0.1, -0.05) is 60.7 Å². The fourth-order valence-electron chi connectivity index (χ4n) is 3.26. The van der Waals surface area contributed by atoms with Crippen molar-refractivity contribution in [3.63, 3.8) is 0 Å². The molecule has 116 valence electrons. The van der Waals surface area contributed by atoms with Crippen LogP contribution in [0.5, 0.6) is 5.75 Å². The highest BCUT2D eigenvalue weighted by Crippen LogP contribution is 2.44. The Morgan fingerprint density at radius 2 is 1.65 bits per heavy atom. The molecule has 1 unspecified atom stereocenters. The van der Waals surface area contributed by atoms with Gasteiger partial charge in [-0.25, -0.2) is 0 Å². The van der Waals surface area contributed by atoms with Gasteiger partial charge in [0.15, 0.2) is 0 Å². The van der Waals surface area contributed by atoms with Crippen molar-refractivity contribution in [3.05, 3.63) is 77.9 Å². The summed E-state index contributed by atoms with van der Waals surface area (Å²) >= 11 is 2.09. The van der Waals surface area contributed by atoms with E-state index in [0.29, 0.717) is 11.9 Å². The van der Waals surface area contributed by atoms with Crippen LogP contribution in [0.3, 0.4) is 0 Å². The molecule has 0 aromatic heterocycles. The average molecular weight is 320 g/mol. The van der Waals surface area contributed by atoms with Gasteiger partial charge in [-0.3, -0.25) is 0 Å². The van der Waals surface area contributed by atoms with Crippen molar-refractivity contribution in [1.82, 2.24) is 0 Å². The Hall–Kier alpha value is -1.93. The zero-order valence-electron chi connectivity index (χ0n) is 13.1. The standard InChI is InChI=1S/C21H20OS/c1-2-7-16(8-3-1)15-22-20-13-12-19(21-11-6-14-23-21)17-9-4-5-10-18(17)20/h1-5,7-10,12-13,21H,6,11,14-15H2. The molecule has 1 heterocycles. The molecule has 3 aromatic rings. The lowest BCUT2D eigenvalue weighted by Crippen LogP contribution is -1.97. The van der Waals surface area contributed by atoms with Crippen LogP contribution in [0, 0.1) is 0 Å². The van der Waals surface area contributed by atoms with Crippen LogP contribution < -0.4 is 4.74 Å². The molecule has 23 heavy (non-hydrogen) atoms. The first kappa shape index (κ1) is 14.6.